The third-order valence-corrected chi connectivity index (χ3v) is 3.52. The number of nitrogens with one attached hydrogen (secondary N) is 1. The van der Waals surface area contributed by atoms with Crippen molar-refractivity contribution in [3.05, 3.63) is 0 Å². The number of hydrogen-bond acceptors (Lipinski definition) is 2. The minimum absolute atomic E-state index is 0.0153. The molecule has 0 bridgehead atoms. The lowest BCUT2D eigenvalue weighted by atomic mass is 9.83. The van der Waals surface area contributed by atoms with Gasteiger partial charge in [0.1, 0.15) is 0 Å². The van der Waals surface area contributed by atoms with Crippen molar-refractivity contribution in [1.82, 2.24) is 5.32 Å². The SMILES string of the molecule is CC1CCCC(NC2CC(O)C2)C1. The average molecular weight is 183 g/mol. The molecule has 0 radical (unpaired) electrons. The Labute approximate surface area is 80.7 Å². The van der Waals surface area contributed by atoms with Gasteiger partial charge in [-0.05, 0) is 31.6 Å². The summed E-state index contributed by atoms with van der Waals surface area (Å²) in [5.41, 5.74) is 0. The van der Waals surface area contributed by atoms with Crippen LogP contribution in [0.4, 0.5) is 0 Å². The van der Waals surface area contributed by atoms with Gasteiger partial charge in [-0.3, -0.25) is 0 Å². The standard InChI is InChI=1S/C11H21NO/c1-8-3-2-4-9(5-8)12-10-6-11(13)7-10/h8-13H,2-7H2,1H3. The third-order valence-electron chi connectivity index (χ3n) is 3.52. The first-order valence-corrected chi connectivity index (χ1v) is 5.68. The van der Waals surface area contributed by atoms with E-state index in [4.69, 9.17) is 5.11 Å². The van der Waals surface area contributed by atoms with Crippen LogP contribution in [0.15, 0.2) is 0 Å². The van der Waals surface area contributed by atoms with E-state index in [0.717, 1.165) is 24.8 Å². The fraction of sp³-hybridized carbons (Fsp3) is 1.00. The number of hydrogen-bond donors (Lipinski definition) is 2. The van der Waals surface area contributed by atoms with Crippen LogP contribution in [0, 0.1) is 5.92 Å². The highest BCUT2D eigenvalue weighted by Crippen LogP contribution is 2.27. The van der Waals surface area contributed by atoms with Gasteiger partial charge in [-0.15, -0.1) is 0 Å². The summed E-state index contributed by atoms with van der Waals surface area (Å²) in [5, 5.41) is 12.8. The zero-order valence-corrected chi connectivity index (χ0v) is 8.50. The van der Waals surface area contributed by atoms with Gasteiger partial charge in [-0.2, -0.15) is 0 Å². The van der Waals surface area contributed by atoms with E-state index in [1.54, 1.807) is 0 Å². The molecule has 2 saturated carbocycles. The van der Waals surface area contributed by atoms with Gasteiger partial charge < -0.3 is 10.4 Å². The molecule has 2 unspecified atom stereocenters. The Morgan fingerprint density at radius 1 is 1.08 bits per heavy atom. The molecule has 76 valence electrons. The Balaban J connectivity index is 1.69. The van der Waals surface area contributed by atoms with Crippen molar-refractivity contribution in [2.24, 2.45) is 5.92 Å². The van der Waals surface area contributed by atoms with Crippen molar-refractivity contribution in [2.45, 2.75) is 63.6 Å². The van der Waals surface area contributed by atoms with Crippen LogP contribution in [0.5, 0.6) is 0 Å². The molecule has 2 N–H and O–H groups in total. The molecule has 2 nitrogen and oxygen atoms in total. The number of aliphatic hydroxyl groups is 1. The fourth-order valence-corrected chi connectivity index (χ4v) is 2.64. The van der Waals surface area contributed by atoms with Gasteiger partial charge in [-0.25, -0.2) is 0 Å². The van der Waals surface area contributed by atoms with E-state index >= 15 is 0 Å². The molecule has 2 fully saturated rings. The summed E-state index contributed by atoms with van der Waals surface area (Å²) in [6.07, 6.45) is 7.41. The Hall–Kier alpha value is -0.0800. The van der Waals surface area contributed by atoms with Crippen LogP contribution in [0.2, 0.25) is 0 Å². The second kappa shape index (κ2) is 3.97. The zero-order chi connectivity index (χ0) is 9.26. The highest BCUT2D eigenvalue weighted by atomic mass is 16.3. The predicted octanol–water partition coefficient (Wildman–Crippen LogP) is 1.68. The van der Waals surface area contributed by atoms with E-state index in [1.807, 2.05) is 0 Å². The number of aliphatic hydroxyl groups excluding tert-OH is 1. The highest BCUT2D eigenvalue weighted by molar-refractivity contribution is 4.88. The maximum Gasteiger partial charge on any atom is 0.0570 e. The Morgan fingerprint density at radius 2 is 1.85 bits per heavy atom. The van der Waals surface area contributed by atoms with Gasteiger partial charge in [0, 0.05) is 12.1 Å². The summed E-state index contributed by atoms with van der Waals surface area (Å²) in [7, 11) is 0. The van der Waals surface area contributed by atoms with Gasteiger partial charge in [0.15, 0.2) is 0 Å². The smallest absolute Gasteiger partial charge is 0.0570 e. The number of rotatable bonds is 2. The van der Waals surface area contributed by atoms with Crippen molar-refractivity contribution in [1.29, 1.82) is 0 Å². The van der Waals surface area contributed by atoms with Crippen LogP contribution in [0.3, 0.4) is 0 Å². The molecule has 2 aliphatic rings. The predicted molar refractivity (Wildman–Crippen MR) is 53.6 cm³/mol. The van der Waals surface area contributed by atoms with Crippen molar-refractivity contribution >= 4 is 0 Å². The van der Waals surface area contributed by atoms with Gasteiger partial charge >= 0.3 is 0 Å². The van der Waals surface area contributed by atoms with E-state index in [-0.39, 0.29) is 6.10 Å². The molecule has 0 aromatic heterocycles. The first kappa shape index (κ1) is 9.47. The normalized spacial score (nSPS) is 45.7. The summed E-state index contributed by atoms with van der Waals surface area (Å²) in [5.74, 6) is 0.899. The summed E-state index contributed by atoms with van der Waals surface area (Å²) in [4.78, 5) is 0. The fourth-order valence-electron chi connectivity index (χ4n) is 2.64. The molecule has 2 atom stereocenters. The minimum Gasteiger partial charge on any atom is -0.393 e. The van der Waals surface area contributed by atoms with E-state index in [1.165, 1.54) is 25.7 Å². The van der Waals surface area contributed by atoms with Gasteiger partial charge in [0.2, 0.25) is 0 Å². The molecule has 0 aromatic rings. The lowest BCUT2D eigenvalue weighted by Crippen LogP contribution is -2.49. The van der Waals surface area contributed by atoms with E-state index in [2.05, 4.69) is 12.2 Å². The summed E-state index contributed by atoms with van der Waals surface area (Å²) < 4.78 is 0. The molecule has 2 aliphatic carbocycles. The first-order chi connectivity index (χ1) is 6.24. The van der Waals surface area contributed by atoms with E-state index < -0.39 is 0 Å². The third kappa shape index (κ3) is 2.44. The van der Waals surface area contributed by atoms with Crippen LogP contribution in [0.25, 0.3) is 0 Å². The molecule has 13 heavy (non-hydrogen) atoms. The van der Waals surface area contributed by atoms with Crippen molar-refractivity contribution in [2.75, 3.05) is 0 Å². The Bertz CT molecular complexity index is 165. The maximum absolute atomic E-state index is 9.16. The van der Waals surface area contributed by atoms with Crippen LogP contribution in [-0.4, -0.2) is 23.3 Å². The first-order valence-electron chi connectivity index (χ1n) is 5.68. The van der Waals surface area contributed by atoms with Crippen LogP contribution < -0.4 is 5.32 Å². The molecule has 0 spiro atoms. The molecular weight excluding hydrogens is 162 g/mol. The lowest BCUT2D eigenvalue weighted by molar-refractivity contribution is 0.0538. The summed E-state index contributed by atoms with van der Waals surface area (Å²) >= 11 is 0. The molecular formula is C11H21NO. The van der Waals surface area contributed by atoms with Gasteiger partial charge in [-0.1, -0.05) is 19.8 Å². The van der Waals surface area contributed by atoms with Crippen molar-refractivity contribution < 1.29 is 5.11 Å². The van der Waals surface area contributed by atoms with Crippen LogP contribution in [0.1, 0.15) is 45.4 Å². The highest BCUT2D eigenvalue weighted by Gasteiger charge is 2.30. The van der Waals surface area contributed by atoms with Gasteiger partial charge in [0.05, 0.1) is 6.10 Å². The van der Waals surface area contributed by atoms with Gasteiger partial charge in [0.25, 0.3) is 0 Å². The molecule has 0 aromatic carbocycles. The second-order valence-electron chi connectivity index (χ2n) is 4.96. The largest absolute Gasteiger partial charge is 0.393 e. The lowest BCUT2D eigenvalue weighted by Gasteiger charge is -2.37. The molecule has 2 heteroatoms. The average Bonchev–Trinajstić information content (AvgIpc) is 2.01. The van der Waals surface area contributed by atoms with E-state index in [9.17, 15) is 0 Å². The topological polar surface area (TPSA) is 32.3 Å². The molecule has 0 saturated heterocycles. The minimum atomic E-state index is -0.0153. The molecule has 0 heterocycles. The monoisotopic (exact) mass is 183 g/mol. The van der Waals surface area contributed by atoms with Crippen molar-refractivity contribution in [3.8, 4) is 0 Å². The summed E-state index contributed by atoms with van der Waals surface area (Å²) in [6, 6.07) is 1.35. The quantitative estimate of drug-likeness (QED) is 0.682. The molecule has 0 aliphatic heterocycles. The summed E-state index contributed by atoms with van der Waals surface area (Å²) in [6.45, 7) is 2.35. The van der Waals surface area contributed by atoms with E-state index in [0.29, 0.717) is 6.04 Å². The second-order valence-corrected chi connectivity index (χ2v) is 4.96. The van der Waals surface area contributed by atoms with Crippen molar-refractivity contribution in [3.63, 3.8) is 0 Å². The molecule has 0 amide bonds. The Kier molecular flexibility index (Phi) is 2.89. The zero-order valence-electron chi connectivity index (χ0n) is 8.50. The molecule has 2 rings (SSSR count). The maximum atomic E-state index is 9.16. The Morgan fingerprint density at radius 3 is 2.46 bits per heavy atom. The van der Waals surface area contributed by atoms with Crippen LogP contribution >= 0.6 is 0 Å². The van der Waals surface area contributed by atoms with Crippen LogP contribution in [-0.2, 0) is 0 Å².